The van der Waals surface area contributed by atoms with Gasteiger partial charge in [0.1, 0.15) is 0 Å². The van der Waals surface area contributed by atoms with Gasteiger partial charge in [0.25, 0.3) is 0 Å². The predicted octanol–water partition coefficient (Wildman–Crippen LogP) is 3.47. The fourth-order valence-electron chi connectivity index (χ4n) is 2.64. The molecule has 0 spiro atoms. The highest BCUT2D eigenvalue weighted by atomic mass is 14.5. The lowest BCUT2D eigenvalue weighted by atomic mass is 10.1. The molecule has 0 radical (unpaired) electrons. The van der Waals surface area contributed by atoms with Crippen LogP contribution in [0, 0.1) is 29.6 Å². The van der Waals surface area contributed by atoms with Crippen LogP contribution in [0.15, 0.2) is 0 Å². The van der Waals surface area contributed by atoms with Crippen LogP contribution in [-0.4, -0.2) is 0 Å². The van der Waals surface area contributed by atoms with E-state index in [2.05, 4.69) is 18.8 Å². The zero-order valence-electron chi connectivity index (χ0n) is 7.27. The molecule has 2 aliphatic rings. The maximum absolute atomic E-state index is 3.24. The first-order chi connectivity index (χ1) is 5.43. The number of hydrogen-bond donors (Lipinski definition) is 0. The fraction of sp³-hybridized carbons (Fsp3) is 0.833. The second kappa shape index (κ2) is 3.99. The van der Waals surface area contributed by atoms with E-state index in [0.717, 1.165) is 30.6 Å². The average Bonchev–Trinajstić information content (AvgIpc) is 2.60. The lowest BCUT2D eigenvalue weighted by molar-refractivity contribution is 0.618. The van der Waals surface area contributed by atoms with E-state index in [0.29, 0.717) is 0 Å². The molecule has 1 fully saturated rings. The molecule has 0 bridgehead atoms. The first-order valence-electron chi connectivity index (χ1n) is 4.89. The van der Waals surface area contributed by atoms with E-state index in [1.807, 2.05) is 0 Å². The summed E-state index contributed by atoms with van der Waals surface area (Å²) >= 11 is 0. The van der Waals surface area contributed by atoms with E-state index in [9.17, 15) is 0 Å². The number of rotatable bonds is 1. The summed E-state index contributed by atoms with van der Waals surface area (Å²) in [5.41, 5.74) is 0. The molecule has 0 heterocycles. The molecule has 0 aliphatic heterocycles. The molecule has 2 atom stereocenters. The van der Waals surface area contributed by atoms with Gasteiger partial charge in [0.05, 0.1) is 0 Å². The Balaban J connectivity index is 0.000000720. The van der Waals surface area contributed by atoms with Crippen molar-refractivity contribution in [2.75, 3.05) is 0 Å². The minimum atomic E-state index is 0. The standard InChI is InChI=1S/C11H16.CH4/c1-2-9-10-7-5-3-4-6-8-11(9)10;/h9-11H,2,5-8H2,1H3;1H4. The topological polar surface area (TPSA) is 0 Å². The molecule has 2 aliphatic carbocycles. The Labute approximate surface area is 76.7 Å². The summed E-state index contributed by atoms with van der Waals surface area (Å²) in [7, 11) is 0. The molecule has 0 heteroatoms. The second-order valence-corrected chi connectivity index (χ2v) is 3.83. The normalized spacial score (nSPS) is 37.6. The Kier molecular flexibility index (Phi) is 3.20. The molecule has 2 unspecified atom stereocenters. The Morgan fingerprint density at radius 2 is 1.58 bits per heavy atom. The van der Waals surface area contributed by atoms with Gasteiger partial charge in [0.2, 0.25) is 0 Å². The van der Waals surface area contributed by atoms with E-state index in [1.54, 1.807) is 0 Å². The van der Waals surface area contributed by atoms with Crippen LogP contribution >= 0.6 is 0 Å². The van der Waals surface area contributed by atoms with Gasteiger partial charge in [-0.3, -0.25) is 0 Å². The molecule has 12 heavy (non-hydrogen) atoms. The molecule has 0 nitrogen and oxygen atoms in total. The van der Waals surface area contributed by atoms with Crippen molar-refractivity contribution in [1.82, 2.24) is 0 Å². The number of fused-ring (bicyclic) bond motifs is 1. The predicted molar refractivity (Wildman–Crippen MR) is 53.7 cm³/mol. The van der Waals surface area contributed by atoms with E-state index >= 15 is 0 Å². The van der Waals surface area contributed by atoms with Crippen molar-refractivity contribution >= 4 is 0 Å². The zero-order valence-corrected chi connectivity index (χ0v) is 7.27. The van der Waals surface area contributed by atoms with Crippen molar-refractivity contribution in [3.63, 3.8) is 0 Å². The molecule has 0 aromatic heterocycles. The summed E-state index contributed by atoms with van der Waals surface area (Å²) in [6.45, 7) is 2.33. The highest BCUT2D eigenvalue weighted by Crippen LogP contribution is 2.53. The van der Waals surface area contributed by atoms with Crippen LogP contribution in [0.5, 0.6) is 0 Å². The first kappa shape index (κ1) is 9.65. The maximum atomic E-state index is 3.24. The van der Waals surface area contributed by atoms with Gasteiger partial charge in [-0.05, 0) is 30.6 Å². The van der Waals surface area contributed by atoms with Crippen molar-refractivity contribution in [3.05, 3.63) is 0 Å². The zero-order chi connectivity index (χ0) is 7.68. The highest BCUT2D eigenvalue weighted by Gasteiger charge is 2.46. The van der Waals surface area contributed by atoms with Crippen LogP contribution in [0.2, 0.25) is 0 Å². The molecule has 0 N–H and O–H groups in total. The summed E-state index contributed by atoms with van der Waals surface area (Å²) in [5.74, 6) is 9.67. The summed E-state index contributed by atoms with van der Waals surface area (Å²) in [5, 5.41) is 0. The first-order valence-corrected chi connectivity index (χ1v) is 4.89. The van der Waals surface area contributed by atoms with E-state index in [-0.39, 0.29) is 7.43 Å². The Morgan fingerprint density at radius 1 is 1.08 bits per heavy atom. The van der Waals surface area contributed by atoms with Gasteiger partial charge in [0.15, 0.2) is 0 Å². The molecule has 68 valence electrons. The Morgan fingerprint density at radius 3 is 2.00 bits per heavy atom. The summed E-state index contributed by atoms with van der Waals surface area (Å²) in [6.07, 6.45) is 6.50. The van der Waals surface area contributed by atoms with Crippen molar-refractivity contribution in [3.8, 4) is 11.8 Å². The van der Waals surface area contributed by atoms with Crippen LogP contribution in [0.3, 0.4) is 0 Å². The van der Waals surface area contributed by atoms with Gasteiger partial charge < -0.3 is 0 Å². The summed E-state index contributed by atoms with van der Waals surface area (Å²) in [6, 6.07) is 0. The third kappa shape index (κ3) is 1.66. The molecule has 0 aromatic rings. The minimum Gasteiger partial charge on any atom is -0.103 e. The molecule has 0 saturated heterocycles. The summed E-state index contributed by atoms with van der Waals surface area (Å²) < 4.78 is 0. The highest BCUT2D eigenvalue weighted by molar-refractivity contribution is 5.07. The van der Waals surface area contributed by atoms with Crippen molar-refractivity contribution in [1.29, 1.82) is 0 Å². The minimum absolute atomic E-state index is 0. The second-order valence-electron chi connectivity index (χ2n) is 3.83. The third-order valence-corrected chi connectivity index (χ3v) is 3.31. The largest absolute Gasteiger partial charge is 0.103 e. The molecule has 0 aromatic carbocycles. The lowest BCUT2D eigenvalue weighted by Gasteiger charge is -1.96. The average molecular weight is 164 g/mol. The monoisotopic (exact) mass is 164 g/mol. The molecule has 1 saturated carbocycles. The van der Waals surface area contributed by atoms with Gasteiger partial charge in [-0.15, -0.1) is 11.8 Å². The van der Waals surface area contributed by atoms with Gasteiger partial charge in [0, 0.05) is 12.8 Å². The van der Waals surface area contributed by atoms with Gasteiger partial charge >= 0.3 is 0 Å². The van der Waals surface area contributed by atoms with Crippen LogP contribution in [0.1, 0.15) is 46.5 Å². The molecular formula is C12H20. The maximum Gasteiger partial charge on any atom is 0.00915 e. The van der Waals surface area contributed by atoms with Crippen LogP contribution < -0.4 is 0 Å². The van der Waals surface area contributed by atoms with Crippen molar-refractivity contribution in [2.24, 2.45) is 17.8 Å². The van der Waals surface area contributed by atoms with Gasteiger partial charge in [-0.2, -0.15) is 0 Å². The smallest absolute Gasteiger partial charge is 0.00915 e. The quantitative estimate of drug-likeness (QED) is 0.520. The van der Waals surface area contributed by atoms with Crippen molar-refractivity contribution < 1.29 is 0 Å². The Bertz CT molecular complexity index is 176. The fourth-order valence-corrected chi connectivity index (χ4v) is 2.64. The summed E-state index contributed by atoms with van der Waals surface area (Å²) in [4.78, 5) is 0. The van der Waals surface area contributed by atoms with Crippen LogP contribution in [0.25, 0.3) is 0 Å². The van der Waals surface area contributed by atoms with Gasteiger partial charge in [-0.1, -0.05) is 20.8 Å². The SMILES string of the molecule is C.CCC1C2CCC#CCCC12. The van der Waals surface area contributed by atoms with Crippen molar-refractivity contribution in [2.45, 2.75) is 46.5 Å². The van der Waals surface area contributed by atoms with E-state index in [1.165, 1.54) is 19.3 Å². The number of hydrogen-bond acceptors (Lipinski definition) is 0. The van der Waals surface area contributed by atoms with Crippen LogP contribution in [-0.2, 0) is 0 Å². The third-order valence-electron chi connectivity index (χ3n) is 3.31. The van der Waals surface area contributed by atoms with Gasteiger partial charge in [-0.25, -0.2) is 0 Å². The molecule has 2 rings (SSSR count). The molecule has 0 amide bonds. The van der Waals surface area contributed by atoms with Crippen LogP contribution in [0.4, 0.5) is 0 Å². The van der Waals surface area contributed by atoms with E-state index in [4.69, 9.17) is 0 Å². The van der Waals surface area contributed by atoms with E-state index < -0.39 is 0 Å². The Hall–Kier alpha value is -0.440. The molecular weight excluding hydrogens is 144 g/mol. The lowest BCUT2D eigenvalue weighted by Crippen LogP contribution is -1.85.